The summed E-state index contributed by atoms with van der Waals surface area (Å²) in [6, 6.07) is 3.94. The first-order valence-electron chi connectivity index (χ1n) is 5.46. The number of carboxylic acids is 1. The van der Waals surface area contributed by atoms with Gasteiger partial charge in [0.25, 0.3) is 5.88 Å². The van der Waals surface area contributed by atoms with Crippen molar-refractivity contribution in [1.82, 2.24) is 9.97 Å². The van der Waals surface area contributed by atoms with Crippen LogP contribution in [0.5, 0.6) is 11.6 Å². The summed E-state index contributed by atoms with van der Waals surface area (Å²) in [5.74, 6) is -1.61. The number of aryl methyl sites for hydroxylation is 1. The van der Waals surface area contributed by atoms with Crippen molar-refractivity contribution in [2.75, 3.05) is 0 Å². The summed E-state index contributed by atoms with van der Waals surface area (Å²) >= 11 is 0. The van der Waals surface area contributed by atoms with E-state index in [4.69, 9.17) is 9.84 Å². The van der Waals surface area contributed by atoms with E-state index < -0.39 is 10.9 Å². The molecular formula is C12H9N3O5. The number of hydrogen-bond donors (Lipinski definition) is 1. The third-order valence-electron chi connectivity index (χ3n) is 2.40. The van der Waals surface area contributed by atoms with E-state index in [0.29, 0.717) is 5.69 Å². The summed E-state index contributed by atoms with van der Waals surface area (Å²) in [6.45, 7) is 1.64. The Hall–Kier alpha value is -3.03. The molecule has 8 nitrogen and oxygen atoms in total. The van der Waals surface area contributed by atoms with Crippen molar-refractivity contribution < 1.29 is 19.6 Å². The Morgan fingerprint density at radius 2 is 2.15 bits per heavy atom. The Bertz CT molecular complexity index is 687. The van der Waals surface area contributed by atoms with Crippen LogP contribution < -0.4 is 4.74 Å². The van der Waals surface area contributed by atoms with Crippen molar-refractivity contribution >= 4 is 11.7 Å². The predicted octanol–water partition coefficient (Wildman–Crippen LogP) is 2.18. The molecule has 0 aromatic carbocycles. The van der Waals surface area contributed by atoms with Gasteiger partial charge in [0.1, 0.15) is 5.56 Å². The third kappa shape index (κ3) is 2.69. The van der Waals surface area contributed by atoms with Gasteiger partial charge in [-0.15, -0.1) is 0 Å². The van der Waals surface area contributed by atoms with Gasteiger partial charge in [-0.2, -0.15) is 0 Å². The average Bonchev–Trinajstić information content (AvgIpc) is 2.38. The van der Waals surface area contributed by atoms with Crippen molar-refractivity contribution in [2.45, 2.75) is 6.92 Å². The van der Waals surface area contributed by atoms with Crippen LogP contribution in [0.2, 0.25) is 0 Å². The van der Waals surface area contributed by atoms with Gasteiger partial charge in [0.2, 0.25) is 0 Å². The monoisotopic (exact) mass is 275 g/mol. The molecule has 0 fully saturated rings. The van der Waals surface area contributed by atoms with Crippen LogP contribution in [0.3, 0.4) is 0 Å². The number of nitrogens with zero attached hydrogens (tertiary/aromatic N) is 3. The maximum atomic E-state index is 11.0. The second-order valence-electron chi connectivity index (χ2n) is 3.81. The van der Waals surface area contributed by atoms with Gasteiger partial charge in [-0.1, -0.05) is 0 Å². The summed E-state index contributed by atoms with van der Waals surface area (Å²) in [4.78, 5) is 28.9. The Morgan fingerprint density at radius 3 is 2.80 bits per heavy atom. The van der Waals surface area contributed by atoms with Crippen LogP contribution in [-0.2, 0) is 0 Å². The topological polar surface area (TPSA) is 115 Å². The molecule has 0 spiro atoms. The van der Waals surface area contributed by atoms with Gasteiger partial charge >= 0.3 is 11.7 Å². The molecule has 2 heterocycles. The molecule has 0 saturated carbocycles. The number of ether oxygens (including phenoxy) is 1. The van der Waals surface area contributed by atoms with Crippen molar-refractivity contribution in [3.8, 4) is 11.6 Å². The van der Waals surface area contributed by atoms with Gasteiger partial charge < -0.3 is 9.84 Å². The van der Waals surface area contributed by atoms with Gasteiger partial charge in [0.15, 0.2) is 5.75 Å². The van der Waals surface area contributed by atoms with Gasteiger partial charge in [0.05, 0.1) is 11.1 Å². The highest BCUT2D eigenvalue weighted by molar-refractivity contribution is 5.90. The molecule has 2 aromatic heterocycles. The van der Waals surface area contributed by atoms with Crippen molar-refractivity contribution in [1.29, 1.82) is 0 Å². The molecule has 0 bridgehead atoms. The molecule has 0 radical (unpaired) electrons. The van der Waals surface area contributed by atoms with Gasteiger partial charge in [-0.25, -0.2) is 9.78 Å². The lowest BCUT2D eigenvalue weighted by Gasteiger charge is -2.07. The number of hydrogen-bond acceptors (Lipinski definition) is 6. The number of carbonyl (C=O) groups is 1. The molecule has 2 rings (SSSR count). The van der Waals surface area contributed by atoms with Gasteiger partial charge in [-0.3, -0.25) is 15.1 Å². The lowest BCUT2D eigenvalue weighted by Crippen LogP contribution is -2.03. The third-order valence-corrected chi connectivity index (χ3v) is 2.40. The van der Waals surface area contributed by atoms with Gasteiger partial charge in [-0.05, 0) is 19.1 Å². The maximum Gasteiger partial charge on any atom is 0.339 e. The molecule has 0 amide bonds. The zero-order chi connectivity index (χ0) is 14.7. The zero-order valence-corrected chi connectivity index (χ0v) is 10.3. The van der Waals surface area contributed by atoms with Crippen molar-refractivity contribution in [3.05, 3.63) is 52.0 Å². The SMILES string of the molecule is Cc1ccc([N+](=O)[O-])c(Oc2cnccc2C(=O)O)n1. The van der Waals surface area contributed by atoms with Crippen LogP contribution in [0.4, 0.5) is 5.69 Å². The summed E-state index contributed by atoms with van der Waals surface area (Å²) in [7, 11) is 0. The van der Waals surface area contributed by atoms with Crippen molar-refractivity contribution in [2.24, 2.45) is 0 Å². The molecule has 0 aliphatic carbocycles. The van der Waals surface area contributed by atoms with Crippen LogP contribution in [0.25, 0.3) is 0 Å². The highest BCUT2D eigenvalue weighted by Gasteiger charge is 2.20. The minimum Gasteiger partial charge on any atom is -0.478 e. The lowest BCUT2D eigenvalue weighted by molar-refractivity contribution is -0.386. The molecule has 0 atom stereocenters. The van der Waals surface area contributed by atoms with E-state index in [-0.39, 0.29) is 22.9 Å². The van der Waals surface area contributed by atoms with Crippen LogP contribution in [0.15, 0.2) is 30.6 Å². The van der Waals surface area contributed by atoms with Crippen LogP contribution in [0, 0.1) is 17.0 Å². The number of aromatic nitrogens is 2. The Labute approximate surface area is 112 Å². The highest BCUT2D eigenvalue weighted by atomic mass is 16.6. The second kappa shape index (κ2) is 5.31. The van der Waals surface area contributed by atoms with Crippen molar-refractivity contribution in [3.63, 3.8) is 0 Å². The molecule has 102 valence electrons. The number of carboxylic acid groups (broad SMARTS) is 1. The van der Waals surface area contributed by atoms with Crippen LogP contribution >= 0.6 is 0 Å². The molecule has 0 saturated heterocycles. The first kappa shape index (κ1) is 13.4. The standard InChI is InChI=1S/C12H9N3O5/c1-7-2-3-9(15(18)19)11(14-7)20-10-6-13-5-4-8(10)12(16)17/h2-6H,1H3,(H,16,17). The predicted molar refractivity (Wildman–Crippen MR) is 66.9 cm³/mol. The molecular weight excluding hydrogens is 266 g/mol. The smallest absolute Gasteiger partial charge is 0.339 e. The number of aromatic carboxylic acids is 1. The fraction of sp³-hybridized carbons (Fsp3) is 0.0833. The van der Waals surface area contributed by atoms with E-state index >= 15 is 0 Å². The number of pyridine rings is 2. The van der Waals surface area contributed by atoms with Gasteiger partial charge in [0, 0.05) is 18.0 Å². The van der Waals surface area contributed by atoms with E-state index in [1.165, 1.54) is 24.4 Å². The second-order valence-corrected chi connectivity index (χ2v) is 3.81. The van der Waals surface area contributed by atoms with E-state index in [0.717, 1.165) is 6.20 Å². The van der Waals surface area contributed by atoms with E-state index in [9.17, 15) is 14.9 Å². The van der Waals surface area contributed by atoms with Crippen LogP contribution in [-0.4, -0.2) is 26.0 Å². The number of nitro groups is 1. The molecule has 0 aliphatic rings. The lowest BCUT2D eigenvalue weighted by atomic mass is 10.2. The quantitative estimate of drug-likeness (QED) is 0.671. The Morgan fingerprint density at radius 1 is 1.40 bits per heavy atom. The van der Waals surface area contributed by atoms with Crippen LogP contribution in [0.1, 0.15) is 16.1 Å². The first-order valence-corrected chi connectivity index (χ1v) is 5.46. The molecule has 2 aromatic rings. The summed E-state index contributed by atoms with van der Waals surface area (Å²) in [5.41, 5.74) is -0.000221. The Kier molecular flexibility index (Phi) is 3.56. The summed E-state index contributed by atoms with van der Waals surface area (Å²) < 4.78 is 5.25. The first-order chi connectivity index (χ1) is 9.49. The average molecular weight is 275 g/mol. The summed E-state index contributed by atoms with van der Waals surface area (Å²) in [5, 5.41) is 19.9. The maximum absolute atomic E-state index is 11.0. The Balaban J connectivity index is 2.47. The number of rotatable bonds is 4. The minimum atomic E-state index is -1.22. The fourth-order valence-corrected chi connectivity index (χ4v) is 1.48. The zero-order valence-electron chi connectivity index (χ0n) is 10.3. The van der Waals surface area contributed by atoms with E-state index in [1.807, 2.05) is 0 Å². The van der Waals surface area contributed by atoms with E-state index in [2.05, 4.69) is 9.97 Å². The minimum absolute atomic E-state index is 0.110. The molecule has 0 aliphatic heterocycles. The normalized spacial score (nSPS) is 10.1. The summed E-state index contributed by atoms with van der Waals surface area (Å²) in [6.07, 6.45) is 2.45. The molecule has 0 unspecified atom stereocenters. The largest absolute Gasteiger partial charge is 0.478 e. The molecule has 20 heavy (non-hydrogen) atoms. The molecule has 8 heteroatoms. The molecule has 1 N–H and O–H groups in total. The highest BCUT2D eigenvalue weighted by Crippen LogP contribution is 2.30. The fourth-order valence-electron chi connectivity index (χ4n) is 1.48. The van der Waals surface area contributed by atoms with E-state index in [1.54, 1.807) is 6.92 Å².